The molecule has 1 aliphatic rings. The van der Waals surface area contributed by atoms with Crippen LogP contribution in [0.5, 0.6) is 0 Å². The fraction of sp³-hybridized carbons (Fsp3) is 0.350. The van der Waals surface area contributed by atoms with Gasteiger partial charge in [-0.2, -0.15) is 0 Å². The van der Waals surface area contributed by atoms with Crippen LogP contribution in [0.2, 0.25) is 0 Å². The minimum Gasteiger partial charge on any atom is -0.436 e. The van der Waals surface area contributed by atoms with Crippen LogP contribution in [0, 0.1) is 5.82 Å². The van der Waals surface area contributed by atoms with Crippen LogP contribution in [0.15, 0.2) is 46.9 Å². The Hall–Kier alpha value is -2.24. The predicted molar refractivity (Wildman–Crippen MR) is 94.7 cm³/mol. The monoisotopic (exact) mass is 340 g/mol. The Labute approximate surface area is 146 Å². The normalized spacial score (nSPS) is 21.7. The van der Waals surface area contributed by atoms with E-state index in [0.717, 1.165) is 25.2 Å². The van der Waals surface area contributed by atoms with E-state index >= 15 is 0 Å². The summed E-state index contributed by atoms with van der Waals surface area (Å²) in [6.07, 6.45) is 0.486. The molecule has 0 bridgehead atoms. The molecule has 1 fully saturated rings. The van der Waals surface area contributed by atoms with Crippen molar-refractivity contribution in [2.75, 3.05) is 13.1 Å². The van der Waals surface area contributed by atoms with Gasteiger partial charge in [0.15, 0.2) is 5.58 Å². The van der Waals surface area contributed by atoms with Crippen LogP contribution in [0.25, 0.3) is 22.6 Å². The number of hydrogen-bond acceptors (Lipinski definition) is 4. The van der Waals surface area contributed by atoms with Crippen LogP contribution in [0.1, 0.15) is 19.4 Å². The first kappa shape index (κ1) is 16.2. The van der Waals surface area contributed by atoms with Crippen molar-refractivity contribution in [3.8, 4) is 11.5 Å². The predicted octanol–water partition coefficient (Wildman–Crippen LogP) is 4.24. The molecule has 1 saturated heterocycles. The van der Waals surface area contributed by atoms with Gasteiger partial charge in [-0.15, -0.1) is 0 Å². The Balaban J connectivity index is 1.59. The second kappa shape index (κ2) is 6.58. The summed E-state index contributed by atoms with van der Waals surface area (Å²) < 4.78 is 25.5. The van der Waals surface area contributed by atoms with Gasteiger partial charge in [-0.3, -0.25) is 4.90 Å². The van der Waals surface area contributed by atoms with Crippen molar-refractivity contribution >= 4 is 11.1 Å². The molecule has 1 aliphatic heterocycles. The molecule has 2 heterocycles. The fourth-order valence-electron chi connectivity index (χ4n) is 3.49. The third-order valence-electron chi connectivity index (χ3n) is 4.46. The van der Waals surface area contributed by atoms with Gasteiger partial charge in [0.05, 0.1) is 17.8 Å². The zero-order valence-corrected chi connectivity index (χ0v) is 14.4. The SMILES string of the molecule is C[C@@H]1CN(Cc2ccc3oc(-c4ccccc4F)nc3c2)C[C@@H](C)O1. The molecule has 0 amide bonds. The van der Waals surface area contributed by atoms with Crippen molar-refractivity contribution in [3.05, 3.63) is 53.8 Å². The minimum atomic E-state index is -0.328. The molecule has 130 valence electrons. The molecule has 0 saturated carbocycles. The third-order valence-corrected chi connectivity index (χ3v) is 4.46. The summed E-state index contributed by atoms with van der Waals surface area (Å²) in [5, 5.41) is 0. The molecular weight excluding hydrogens is 319 g/mol. The fourth-order valence-corrected chi connectivity index (χ4v) is 3.49. The Bertz CT molecular complexity index is 882. The van der Waals surface area contributed by atoms with Crippen molar-refractivity contribution in [2.24, 2.45) is 0 Å². The molecule has 0 aliphatic carbocycles. The van der Waals surface area contributed by atoms with Crippen LogP contribution < -0.4 is 0 Å². The van der Waals surface area contributed by atoms with E-state index in [1.807, 2.05) is 18.2 Å². The molecule has 3 aromatic rings. The van der Waals surface area contributed by atoms with Crippen molar-refractivity contribution in [2.45, 2.75) is 32.6 Å². The van der Waals surface area contributed by atoms with E-state index in [-0.39, 0.29) is 18.0 Å². The van der Waals surface area contributed by atoms with E-state index in [4.69, 9.17) is 9.15 Å². The number of oxazole rings is 1. The molecule has 2 aromatic carbocycles. The lowest BCUT2D eigenvalue weighted by Gasteiger charge is -2.35. The average Bonchev–Trinajstić information content (AvgIpc) is 2.97. The Kier molecular flexibility index (Phi) is 4.27. The minimum absolute atomic E-state index is 0.243. The maximum Gasteiger partial charge on any atom is 0.230 e. The van der Waals surface area contributed by atoms with Crippen molar-refractivity contribution < 1.29 is 13.5 Å². The number of rotatable bonds is 3. The highest BCUT2D eigenvalue weighted by Crippen LogP contribution is 2.27. The second-order valence-electron chi connectivity index (χ2n) is 6.75. The number of nitrogens with zero attached hydrogens (tertiary/aromatic N) is 2. The molecule has 2 atom stereocenters. The first-order valence-corrected chi connectivity index (χ1v) is 8.60. The molecule has 25 heavy (non-hydrogen) atoms. The first-order chi connectivity index (χ1) is 12.1. The van der Waals surface area contributed by atoms with Gasteiger partial charge in [0, 0.05) is 19.6 Å². The van der Waals surface area contributed by atoms with Gasteiger partial charge in [-0.05, 0) is 43.7 Å². The average molecular weight is 340 g/mol. The molecule has 0 radical (unpaired) electrons. The van der Waals surface area contributed by atoms with Gasteiger partial charge in [0.2, 0.25) is 5.89 Å². The second-order valence-corrected chi connectivity index (χ2v) is 6.75. The highest BCUT2D eigenvalue weighted by Gasteiger charge is 2.22. The number of aromatic nitrogens is 1. The molecular formula is C20H21FN2O2. The van der Waals surface area contributed by atoms with E-state index in [9.17, 15) is 4.39 Å². The number of morpholine rings is 1. The smallest absolute Gasteiger partial charge is 0.230 e. The zero-order valence-electron chi connectivity index (χ0n) is 14.4. The Morgan fingerprint density at radius 2 is 1.88 bits per heavy atom. The summed E-state index contributed by atoms with van der Waals surface area (Å²) in [6.45, 7) is 6.88. The lowest BCUT2D eigenvalue weighted by molar-refractivity contribution is -0.0704. The highest BCUT2D eigenvalue weighted by molar-refractivity contribution is 5.77. The van der Waals surface area contributed by atoms with Crippen LogP contribution in [-0.2, 0) is 11.3 Å². The molecule has 0 N–H and O–H groups in total. The lowest BCUT2D eigenvalue weighted by atomic mass is 10.1. The molecule has 4 nitrogen and oxygen atoms in total. The van der Waals surface area contributed by atoms with Crippen LogP contribution in [0.4, 0.5) is 4.39 Å². The molecule has 0 unspecified atom stereocenters. The number of benzene rings is 2. The first-order valence-electron chi connectivity index (χ1n) is 8.60. The largest absolute Gasteiger partial charge is 0.436 e. The molecule has 0 spiro atoms. The quantitative estimate of drug-likeness (QED) is 0.715. The number of halogens is 1. The Morgan fingerprint density at radius 3 is 2.64 bits per heavy atom. The van der Waals surface area contributed by atoms with Gasteiger partial charge in [0.1, 0.15) is 11.3 Å². The van der Waals surface area contributed by atoms with E-state index < -0.39 is 0 Å². The topological polar surface area (TPSA) is 38.5 Å². The standard InChI is InChI=1S/C20H21FN2O2/c1-13-10-23(11-14(2)24-13)12-15-7-8-19-18(9-15)22-20(25-19)16-5-3-4-6-17(16)21/h3-9,13-14H,10-12H2,1-2H3/t13-,14-/m1/s1. The van der Waals surface area contributed by atoms with Gasteiger partial charge in [-0.25, -0.2) is 9.37 Å². The number of ether oxygens (including phenoxy) is 1. The van der Waals surface area contributed by atoms with Crippen molar-refractivity contribution in [1.29, 1.82) is 0 Å². The summed E-state index contributed by atoms with van der Waals surface area (Å²) in [5.74, 6) is -0.00978. The van der Waals surface area contributed by atoms with Crippen molar-refractivity contribution in [3.63, 3.8) is 0 Å². The molecule has 5 heteroatoms. The summed E-state index contributed by atoms with van der Waals surface area (Å²) in [4.78, 5) is 6.86. The van der Waals surface area contributed by atoms with Crippen molar-refractivity contribution in [1.82, 2.24) is 9.88 Å². The van der Waals surface area contributed by atoms with Gasteiger partial charge in [-0.1, -0.05) is 18.2 Å². The summed E-state index contributed by atoms with van der Waals surface area (Å²) in [6, 6.07) is 12.5. The van der Waals surface area contributed by atoms with Gasteiger partial charge in [0.25, 0.3) is 0 Å². The number of hydrogen-bond donors (Lipinski definition) is 0. The van der Waals surface area contributed by atoms with Crippen LogP contribution in [0.3, 0.4) is 0 Å². The van der Waals surface area contributed by atoms with Gasteiger partial charge < -0.3 is 9.15 Å². The maximum absolute atomic E-state index is 13.9. The third kappa shape index (κ3) is 3.43. The van der Waals surface area contributed by atoms with Crippen LogP contribution >= 0.6 is 0 Å². The van der Waals surface area contributed by atoms with E-state index in [2.05, 4.69) is 23.7 Å². The maximum atomic E-state index is 13.9. The Morgan fingerprint density at radius 1 is 1.12 bits per heavy atom. The summed E-state index contributed by atoms with van der Waals surface area (Å²) in [7, 11) is 0. The van der Waals surface area contributed by atoms with E-state index in [1.165, 1.54) is 11.6 Å². The van der Waals surface area contributed by atoms with Gasteiger partial charge >= 0.3 is 0 Å². The summed E-state index contributed by atoms with van der Waals surface area (Å²) in [5.41, 5.74) is 2.98. The lowest BCUT2D eigenvalue weighted by Crippen LogP contribution is -2.44. The number of fused-ring (bicyclic) bond motifs is 1. The zero-order chi connectivity index (χ0) is 17.4. The molecule has 1 aromatic heterocycles. The molecule has 4 rings (SSSR count). The summed E-state index contributed by atoms with van der Waals surface area (Å²) >= 11 is 0. The van der Waals surface area contributed by atoms with E-state index in [0.29, 0.717) is 17.0 Å². The van der Waals surface area contributed by atoms with Crippen LogP contribution in [-0.4, -0.2) is 35.2 Å². The van der Waals surface area contributed by atoms with E-state index in [1.54, 1.807) is 18.2 Å². The highest BCUT2D eigenvalue weighted by atomic mass is 19.1.